The lowest BCUT2D eigenvalue weighted by Gasteiger charge is -2.32. The molecule has 1 aliphatic carbocycles. The van der Waals surface area contributed by atoms with Crippen molar-refractivity contribution in [1.29, 1.82) is 0 Å². The lowest BCUT2D eigenvalue weighted by molar-refractivity contribution is -0.133. The molecule has 0 bridgehead atoms. The highest BCUT2D eigenvalue weighted by Crippen LogP contribution is 2.33. The van der Waals surface area contributed by atoms with Crippen LogP contribution in [0.3, 0.4) is 0 Å². The van der Waals surface area contributed by atoms with Crippen molar-refractivity contribution in [1.82, 2.24) is 24.9 Å². The van der Waals surface area contributed by atoms with Gasteiger partial charge in [0.15, 0.2) is 0 Å². The number of imide groups is 1. The van der Waals surface area contributed by atoms with Crippen molar-refractivity contribution in [3.63, 3.8) is 0 Å². The van der Waals surface area contributed by atoms with Crippen LogP contribution in [-0.2, 0) is 16.1 Å². The third-order valence-corrected chi connectivity index (χ3v) is 8.85. The Morgan fingerprint density at radius 2 is 1.82 bits per heavy atom. The van der Waals surface area contributed by atoms with Gasteiger partial charge in [-0.25, -0.2) is 0 Å². The summed E-state index contributed by atoms with van der Waals surface area (Å²) in [6, 6.07) is 4.55. The number of amides is 4. The SMILES string of the molecule is C=C1CCC(N2C(=O)c3cccc(NCc4cnn(C5CCN(C(=O)CC6CCCC6)CC5)c4)c3C2=O)C(=O)N1. The molecule has 210 valence electrons. The van der Waals surface area contributed by atoms with E-state index in [1.165, 1.54) is 25.7 Å². The lowest BCUT2D eigenvalue weighted by atomic mass is 10.0. The molecule has 2 N–H and O–H groups in total. The van der Waals surface area contributed by atoms with Gasteiger partial charge in [0.25, 0.3) is 11.8 Å². The number of hydrogen-bond acceptors (Lipinski definition) is 6. The quantitative estimate of drug-likeness (QED) is 0.515. The third-order valence-electron chi connectivity index (χ3n) is 8.85. The van der Waals surface area contributed by atoms with Crippen LogP contribution in [0.1, 0.15) is 90.1 Å². The van der Waals surface area contributed by atoms with Crippen molar-refractivity contribution < 1.29 is 19.2 Å². The zero-order valence-electron chi connectivity index (χ0n) is 22.7. The maximum Gasteiger partial charge on any atom is 0.264 e. The molecule has 4 heterocycles. The molecule has 1 atom stereocenters. The summed E-state index contributed by atoms with van der Waals surface area (Å²) in [5, 5.41) is 10.6. The summed E-state index contributed by atoms with van der Waals surface area (Å²) in [6.45, 7) is 5.73. The van der Waals surface area contributed by atoms with Gasteiger partial charge in [-0.2, -0.15) is 5.10 Å². The summed E-state index contributed by atoms with van der Waals surface area (Å²) >= 11 is 0. The summed E-state index contributed by atoms with van der Waals surface area (Å²) in [4.78, 5) is 54.8. The van der Waals surface area contributed by atoms with E-state index < -0.39 is 17.9 Å². The highest BCUT2D eigenvalue weighted by molar-refractivity contribution is 6.25. The van der Waals surface area contributed by atoms with E-state index in [0.29, 0.717) is 60.1 Å². The molecule has 10 heteroatoms. The Hall–Kier alpha value is -3.95. The van der Waals surface area contributed by atoms with Gasteiger partial charge >= 0.3 is 0 Å². The van der Waals surface area contributed by atoms with Gasteiger partial charge in [0.1, 0.15) is 6.04 Å². The Balaban J connectivity index is 1.06. The highest BCUT2D eigenvalue weighted by atomic mass is 16.2. The van der Waals surface area contributed by atoms with E-state index in [2.05, 4.69) is 22.3 Å². The maximum atomic E-state index is 13.4. The lowest BCUT2D eigenvalue weighted by Crippen LogP contribution is -2.51. The van der Waals surface area contributed by atoms with Crippen LogP contribution < -0.4 is 10.6 Å². The summed E-state index contributed by atoms with van der Waals surface area (Å²) in [7, 11) is 0. The minimum absolute atomic E-state index is 0.246. The standard InChI is InChI=1S/C30H36N6O4/c1-19-9-10-25(28(38)33-19)36-29(39)23-7-4-8-24(27(23)30(36)40)31-16-21-17-32-35(18-21)22-11-13-34(14-12-22)26(37)15-20-5-2-3-6-20/h4,7-8,17-18,20,22,25,31H,1-3,5-6,9-16H2,(H,33,38). The van der Waals surface area contributed by atoms with Crippen molar-refractivity contribution in [2.45, 2.75) is 76.4 Å². The van der Waals surface area contributed by atoms with Crippen LogP contribution in [0, 0.1) is 5.92 Å². The highest BCUT2D eigenvalue weighted by Gasteiger charge is 2.45. The van der Waals surface area contributed by atoms with Crippen molar-refractivity contribution in [3.8, 4) is 0 Å². The second-order valence-corrected chi connectivity index (χ2v) is 11.5. The normalized spacial score (nSPS) is 22.1. The molecule has 0 radical (unpaired) electrons. The van der Waals surface area contributed by atoms with E-state index >= 15 is 0 Å². The summed E-state index contributed by atoms with van der Waals surface area (Å²) in [6.07, 6.45) is 12.1. The minimum Gasteiger partial charge on any atom is -0.380 e. The van der Waals surface area contributed by atoms with E-state index in [9.17, 15) is 19.2 Å². The van der Waals surface area contributed by atoms with Crippen molar-refractivity contribution in [2.24, 2.45) is 5.92 Å². The van der Waals surface area contributed by atoms with E-state index in [4.69, 9.17) is 0 Å². The van der Waals surface area contributed by atoms with E-state index in [1.807, 2.05) is 22.0 Å². The Kier molecular flexibility index (Phi) is 7.16. The van der Waals surface area contributed by atoms with E-state index in [-0.39, 0.29) is 11.9 Å². The molecule has 10 nitrogen and oxygen atoms in total. The fourth-order valence-corrected chi connectivity index (χ4v) is 6.58. The second kappa shape index (κ2) is 10.9. The molecule has 3 fully saturated rings. The van der Waals surface area contributed by atoms with Crippen LogP contribution in [-0.4, -0.2) is 62.3 Å². The van der Waals surface area contributed by atoms with Crippen LogP contribution in [0.5, 0.6) is 0 Å². The number of rotatable bonds is 7. The number of carbonyl (C=O) groups is 4. The molecule has 40 heavy (non-hydrogen) atoms. The van der Waals surface area contributed by atoms with Gasteiger partial charge in [0.2, 0.25) is 11.8 Å². The predicted molar refractivity (Wildman–Crippen MR) is 148 cm³/mol. The summed E-state index contributed by atoms with van der Waals surface area (Å²) in [5.74, 6) is -0.414. The number of nitrogens with one attached hydrogen (secondary N) is 2. The number of anilines is 1. The molecular weight excluding hydrogens is 508 g/mol. The topological polar surface area (TPSA) is 117 Å². The number of carbonyl (C=O) groups excluding carboxylic acids is 4. The second-order valence-electron chi connectivity index (χ2n) is 11.5. The third kappa shape index (κ3) is 5.02. The van der Waals surface area contributed by atoms with Crippen LogP contribution in [0.4, 0.5) is 5.69 Å². The minimum atomic E-state index is -0.839. The molecule has 0 spiro atoms. The molecule has 1 aromatic heterocycles. The van der Waals surface area contributed by atoms with Crippen LogP contribution in [0.2, 0.25) is 0 Å². The zero-order chi connectivity index (χ0) is 27.8. The summed E-state index contributed by atoms with van der Waals surface area (Å²) < 4.78 is 1.98. The number of aromatic nitrogens is 2. The van der Waals surface area contributed by atoms with E-state index in [0.717, 1.165) is 36.4 Å². The van der Waals surface area contributed by atoms with Gasteiger partial charge in [-0.15, -0.1) is 0 Å². The van der Waals surface area contributed by atoms with Crippen LogP contribution in [0.15, 0.2) is 42.9 Å². The number of fused-ring (bicyclic) bond motifs is 1. The Morgan fingerprint density at radius 1 is 1.05 bits per heavy atom. The summed E-state index contributed by atoms with van der Waals surface area (Å²) in [5.41, 5.74) is 2.71. The average molecular weight is 545 g/mol. The number of hydrogen-bond donors (Lipinski definition) is 2. The first-order valence-electron chi connectivity index (χ1n) is 14.4. The maximum absolute atomic E-state index is 13.4. The fraction of sp³-hybridized carbons (Fsp3) is 0.500. The number of nitrogens with zero attached hydrogens (tertiary/aromatic N) is 4. The molecule has 4 aliphatic rings. The first kappa shape index (κ1) is 26.3. The predicted octanol–water partition coefficient (Wildman–Crippen LogP) is 3.63. The van der Waals surface area contributed by atoms with Gasteiger partial charge in [-0.05, 0) is 56.6 Å². The largest absolute Gasteiger partial charge is 0.380 e. The Bertz CT molecular complexity index is 1350. The van der Waals surface area contributed by atoms with Crippen molar-refractivity contribution >= 4 is 29.3 Å². The number of benzene rings is 1. The fourth-order valence-electron chi connectivity index (χ4n) is 6.58. The first-order valence-corrected chi connectivity index (χ1v) is 14.4. The van der Waals surface area contributed by atoms with Gasteiger partial charge in [0.05, 0.1) is 23.4 Å². The van der Waals surface area contributed by atoms with Crippen molar-refractivity contribution in [2.75, 3.05) is 18.4 Å². The van der Waals surface area contributed by atoms with Crippen molar-refractivity contribution in [3.05, 3.63) is 59.6 Å². The van der Waals surface area contributed by atoms with E-state index in [1.54, 1.807) is 18.2 Å². The first-order chi connectivity index (χ1) is 19.4. The molecule has 4 amide bonds. The number of allylic oxidation sites excluding steroid dienone is 1. The van der Waals surface area contributed by atoms with Crippen LogP contribution in [0.25, 0.3) is 0 Å². The molecule has 1 saturated carbocycles. The molecular formula is C30H36N6O4. The molecule has 1 aromatic carbocycles. The molecule has 2 aromatic rings. The average Bonchev–Trinajstić information content (AvgIpc) is 3.70. The zero-order valence-corrected chi connectivity index (χ0v) is 22.7. The monoisotopic (exact) mass is 544 g/mol. The Labute approximate surface area is 233 Å². The molecule has 1 unspecified atom stereocenters. The van der Waals surface area contributed by atoms with Gasteiger partial charge < -0.3 is 15.5 Å². The smallest absolute Gasteiger partial charge is 0.264 e. The molecule has 3 aliphatic heterocycles. The Morgan fingerprint density at radius 3 is 2.58 bits per heavy atom. The molecule has 6 rings (SSSR count). The number of piperidine rings is 2. The van der Waals surface area contributed by atoms with Gasteiger partial charge in [0, 0.05) is 49.2 Å². The molecule has 2 saturated heterocycles. The van der Waals surface area contributed by atoms with Crippen LogP contribution >= 0.6 is 0 Å². The van der Waals surface area contributed by atoms with Gasteiger partial charge in [-0.1, -0.05) is 25.5 Å². The number of likely N-dealkylation sites (tertiary alicyclic amines) is 1. The van der Waals surface area contributed by atoms with Gasteiger partial charge in [-0.3, -0.25) is 28.8 Å².